The lowest BCUT2D eigenvalue weighted by Gasteiger charge is -2.35. The van der Waals surface area contributed by atoms with Crippen LogP contribution in [0.5, 0.6) is 0 Å². The molecule has 2 saturated heterocycles. The molecular weight excluding hydrogens is 138 g/mol. The van der Waals surface area contributed by atoms with E-state index in [0.29, 0.717) is 17.5 Å². The molecule has 11 heavy (non-hydrogen) atoms. The van der Waals surface area contributed by atoms with Crippen molar-refractivity contribution in [2.75, 3.05) is 0 Å². The number of aliphatic hydroxyl groups is 1. The number of hydrogen-bond donors (Lipinski definition) is 2. The van der Waals surface area contributed by atoms with E-state index in [-0.39, 0.29) is 6.10 Å². The number of aliphatic hydroxyl groups excluding tert-OH is 1. The number of fused-ring (bicyclic) bond motifs is 3. The molecule has 1 spiro atoms. The van der Waals surface area contributed by atoms with Gasteiger partial charge in [-0.1, -0.05) is 0 Å². The molecular formula is C9H15NO. The summed E-state index contributed by atoms with van der Waals surface area (Å²) in [4.78, 5) is 0. The van der Waals surface area contributed by atoms with Gasteiger partial charge in [-0.05, 0) is 32.1 Å². The molecule has 0 amide bonds. The third kappa shape index (κ3) is 0.695. The fourth-order valence-corrected chi connectivity index (χ4v) is 3.02. The summed E-state index contributed by atoms with van der Waals surface area (Å²) in [6, 6.07) is 1.30. The smallest absolute Gasteiger partial charge is 0.0626 e. The van der Waals surface area contributed by atoms with Gasteiger partial charge in [-0.25, -0.2) is 0 Å². The second kappa shape index (κ2) is 1.80. The quantitative estimate of drug-likeness (QED) is 0.535. The van der Waals surface area contributed by atoms with Crippen molar-refractivity contribution in [1.82, 2.24) is 5.32 Å². The van der Waals surface area contributed by atoms with Gasteiger partial charge in [-0.15, -0.1) is 0 Å². The molecule has 3 fully saturated rings. The van der Waals surface area contributed by atoms with E-state index in [9.17, 15) is 5.11 Å². The Labute approximate surface area is 67.0 Å². The van der Waals surface area contributed by atoms with Gasteiger partial charge in [0.1, 0.15) is 0 Å². The monoisotopic (exact) mass is 153 g/mol. The number of hydrogen-bond acceptors (Lipinski definition) is 2. The van der Waals surface area contributed by atoms with Gasteiger partial charge in [0.15, 0.2) is 0 Å². The minimum absolute atomic E-state index is 0.0150. The van der Waals surface area contributed by atoms with Crippen molar-refractivity contribution in [3.63, 3.8) is 0 Å². The predicted molar refractivity (Wildman–Crippen MR) is 42.2 cm³/mol. The average Bonchev–Trinajstić information content (AvgIpc) is 2.69. The molecule has 0 aromatic rings. The van der Waals surface area contributed by atoms with Gasteiger partial charge < -0.3 is 10.4 Å². The lowest BCUT2D eigenvalue weighted by molar-refractivity contribution is 0.0365. The normalized spacial score (nSPS) is 51.5. The fraction of sp³-hybridized carbons (Fsp3) is 1.00. The van der Waals surface area contributed by atoms with Crippen LogP contribution in [0, 0.1) is 5.41 Å². The molecule has 0 aromatic heterocycles. The fourth-order valence-electron chi connectivity index (χ4n) is 3.02. The van der Waals surface area contributed by atoms with Crippen molar-refractivity contribution in [1.29, 1.82) is 0 Å². The molecule has 62 valence electrons. The van der Waals surface area contributed by atoms with Crippen LogP contribution in [-0.2, 0) is 0 Å². The Morgan fingerprint density at radius 3 is 2.82 bits per heavy atom. The zero-order valence-electron chi connectivity index (χ0n) is 6.71. The molecule has 1 saturated carbocycles. The first-order chi connectivity index (χ1) is 5.31. The van der Waals surface area contributed by atoms with Crippen molar-refractivity contribution < 1.29 is 5.11 Å². The first kappa shape index (κ1) is 6.44. The molecule has 3 unspecified atom stereocenters. The van der Waals surface area contributed by atoms with Gasteiger partial charge in [0.05, 0.1) is 6.10 Å². The molecule has 2 nitrogen and oxygen atoms in total. The van der Waals surface area contributed by atoms with Gasteiger partial charge >= 0.3 is 0 Å². The van der Waals surface area contributed by atoms with Gasteiger partial charge in [0.25, 0.3) is 0 Å². The Morgan fingerprint density at radius 1 is 1.27 bits per heavy atom. The minimum atomic E-state index is 0.0150. The van der Waals surface area contributed by atoms with Crippen LogP contribution in [0.3, 0.4) is 0 Å². The van der Waals surface area contributed by atoms with E-state index in [1.165, 1.54) is 25.7 Å². The van der Waals surface area contributed by atoms with Crippen molar-refractivity contribution in [3.8, 4) is 0 Å². The molecule has 1 aliphatic carbocycles. The highest BCUT2D eigenvalue weighted by Crippen LogP contribution is 2.57. The minimum Gasteiger partial charge on any atom is -0.392 e. The van der Waals surface area contributed by atoms with Crippen LogP contribution in [0.4, 0.5) is 0 Å². The molecule has 2 heterocycles. The Kier molecular flexibility index (Phi) is 1.06. The van der Waals surface area contributed by atoms with Crippen LogP contribution in [0.15, 0.2) is 0 Å². The summed E-state index contributed by atoms with van der Waals surface area (Å²) in [5.74, 6) is 0. The lowest BCUT2D eigenvalue weighted by Crippen LogP contribution is -2.49. The largest absolute Gasteiger partial charge is 0.392 e. The van der Waals surface area contributed by atoms with E-state index in [1.807, 2.05) is 0 Å². The molecule has 2 bridgehead atoms. The van der Waals surface area contributed by atoms with Gasteiger partial charge in [0, 0.05) is 17.5 Å². The summed E-state index contributed by atoms with van der Waals surface area (Å²) in [7, 11) is 0. The third-order valence-corrected chi connectivity index (χ3v) is 3.93. The van der Waals surface area contributed by atoms with Crippen LogP contribution in [0.2, 0.25) is 0 Å². The topological polar surface area (TPSA) is 32.3 Å². The number of nitrogens with one attached hydrogen (secondary N) is 1. The first-order valence-corrected chi connectivity index (χ1v) is 4.75. The van der Waals surface area contributed by atoms with Gasteiger partial charge in [0.2, 0.25) is 0 Å². The summed E-state index contributed by atoms with van der Waals surface area (Å²) in [6.07, 6.45) is 6.15. The molecule has 2 N–H and O–H groups in total. The Balaban J connectivity index is 1.92. The van der Waals surface area contributed by atoms with Crippen LogP contribution in [0.25, 0.3) is 0 Å². The lowest BCUT2D eigenvalue weighted by atomic mass is 9.86. The highest BCUT2D eigenvalue weighted by Gasteiger charge is 2.59. The molecule has 3 aliphatic rings. The van der Waals surface area contributed by atoms with Gasteiger partial charge in [-0.3, -0.25) is 0 Å². The Morgan fingerprint density at radius 2 is 2.09 bits per heavy atom. The second-order valence-corrected chi connectivity index (χ2v) is 4.48. The standard InChI is InChI=1S/C9H15NO/c11-8-5-6-1-2-7(10-6)9(8)3-4-9/h6-8,10-11H,1-5H2. The number of rotatable bonds is 0. The molecule has 3 atom stereocenters. The van der Waals surface area contributed by atoms with Gasteiger partial charge in [-0.2, -0.15) is 0 Å². The van der Waals surface area contributed by atoms with E-state index >= 15 is 0 Å². The third-order valence-electron chi connectivity index (χ3n) is 3.93. The Hall–Kier alpha value is -0.0800. The van der Waals surface area contributed by atoms with E-state index in [4.69, 9.17) is 0 Å². The van der Waals surface area contributed by atoms with Crippen LogP contribution in [0.1, 0.15) is 32.1 Å². The zero-order valence-corrected chi connectivity index (χ0v) is 6.71. The summed E-state index contributed by atoms with van der Waals surface area (Å²) < 4.78 is 0. The molecule has 3 rings (SSSR count). The maximum absolute atomic E-state index is 9.84. The Bertz CT molecular complexity index is 188. The zero-order chi connectivity index (χ0) is 7.47. The van der Waals surface area contributed by atoms with Crippen molar-refractivity contribution in [2.24, 2.45) is 5.41 Å². The summed E-state index contributed by atoms with van der Waals surface area (Å²) in [6.45, 7) is 0. The van der Waals surface area contributed by atoms with E-state index in [2.05, 4.69) is 5.32 Å². The maximum atomic E-state index is 9.84. The van der Waals surface area contributed by atoms with E-state index in [0.717, 1.165) is 6.42 Å². The van der Waals surface area contributed by atoms with Crippen LogP contribution in [-0.4, -0.2) is 23.3 Å². The van der Waals surface area contributed by atoms with Crippen molar-refractivity contribution in [2.45, 2.75) is 50.3 Å². The summed E-state index contributed by atoms with van der Waals surface area (Å²) in [5.41, 5.74) is 0.340. The maximum Gasteiger partial charge on any atom is 0.0626 e. The van der Waals surface area contributed by atoms with Crippen molar-refractivity contribution in [3.05, 3.63) is 0 Å². The highest BCUT2D eigenvalue weighted by molar-refractivity contribution is 5.13. The van der Waals surface area contributed by atoms with Crippen molar-refractivity contribution >= 4 is 0 Å². The molecule has 2 heteroatoms. The van der Waals surface area contributed by atoms with E-state index in [1.54, 1.807) is 0 Å². The SMILES string of the molecule is OC1CC2CCC(N2)C12CC2. The summed E-state index contributed by atoms with van der Waals surface area (Å²) in [5, 5.41) is 13.5. The van der Waals surface area contributed by atoms with Crippen LogP contribution < -0.4 is 5.32 Å². The van der Waals surface area contributed by atoms with Crippen LogP contribution >= 0.6 is 0 Å². The number of piperidine rings is 1. The van der Waals surface area contributed by atoms with E-state index < -0.39 is 0 Å². The molecule has 0 radical (unpaired) electrons. The second-order valence-electron chi connectivity index (χ2n) is 4.48. The molecule has 2 aliphatic heterocycles. The average molecular weight is 153 g/mol. The first-order valence-electron chi connectivity index (χ1n) is 4.75. The summed E-state index contributed by atoms with van der Waals surface area (Å²) >= 11 is 0. The molecule has 0 aromatic carbocycles. The highest BCUT2D eigenvalue weighted by atomic mass is 16.3. The predicted octanol–water partition coefficient (Wildman–Crippen LogP) is 0.652.